The Bertz CT molecular complexity index is 2850. The van der Waals surface area contributed by atoms with Gasteiger partial charge in [-0.05, 0) is 69.9 Å². The van der Waals surface area contributed by atoms with Crippen molar-refractivity contribution >= 4 is 60.9 Å². The lowest BCUT2D eigenvalue weighted by Crippen LogP contribution is -2.12. The van der Waals surface area contributed by atoms with Gasteiger partial charge in [-0.2, -0.15) is 0 Å². The average Bonchev–Trinajstić information content (AvgIpc) is 3.80. The normalized spacial score (nSPS) is 11.5. The minimum atomic E-state index is 0.561. The summed E-state index contributed by atoms with van der Waals surface area (Å²) in [5.41, 5.74) is 11.2. The van der Waals surface area contributed by atoms with Crippen molar-refractivity contribution in [3.63, 3.8) is 0 Å². The fourth-order valence-corrected chi connectivity index (χ4v) is 7.31. The Morgan fingerprint density at radius 2 is 1.06 bits per heavy atom. The first-order chi connectivity index (χ1) is 25.3. The minimum Gasteiger partial charge on any atom is -0.454 e. The van der Waals surface area contributed by atoms with Crippen LogP contribution in [0.25, 0.3) is 77.5 Å². The molecular weight excluding hydrogens is 625 g/mol. The molecule has 51 heavy (non-hydrogen) atoms. The third kappa shape index (κ3) is 4.88. The van der Waals surface area contributed by atoms with Crippen molar-refractivity contribution in [1.29, 1.82) is 0 Å². The molecule has 8 aromatic carbocycles. The molecule has 2 heterocycles. The van der Waals surface area contributed by atoms with Gasteiger partial charge in [0.1, 0.15) is 16.8 Å². The van der Waals surface area contributed by atoms with Gasteiger partial charge in [-0.15, -0.1) is 0 Å². The Morgan fingerprint density at radius 3 is 1.88 bits per heavy atom. The van der Waals surface area contributed by atoms with Gasteiger partial charge in [0.05, 0.1) is 5.69 Å². The number of furan rings is 1. The molecule has 4 heteroatoms. The summed E-state index contributed by atoms with van der Waals surface area (Å²) >= 11 is 0. The zero-order valence-corrected chi connectivity index (χ0v) is 27.5. The molecule has 0 spiro atoms. The molecule has 0 unspecified atom stereocenters. The lowest BCUT2D eigenvalue weighted by atomic mass is 9.96. The number of para-hydroxylation sites is 2. The molecule has 0 N–H and O–H groups in total. The second kappa shape index (κ2) is 11.9. The fraction of sp³-hybridized carbons (Fsp3) is 0. The zero-order chi connectivity index (χ0) is 33.7. The largest absolute Gasteiger partial charge is 0.454 e. The van der Waals surface area contributed by atoms with Crippen LogP contribution in [0.5, 0.6) is 0 Å². The molecule has 10 aromatic rings. The topological polar surface area (TPSA) is 42.4 Å². The van der Waals surface area contributed by atoms with Gasteiger partial charge in [0.15, 0.2) is 11.2 Å². The second-order valence-electron chi connectivity index (χ2n) is 12.7. The van der Waals surface area contributed by atoms with Gasteiger partial charge in [-0.1, -0.05) is 140 Å². The summed E-state index contributed by atoms with van der Waals surface area (Å²) in [5, 5.41) is 4.38. The molecule has 240 valence electrons. The first-order valence-electron chi connectivity index (χ1n) is 17.1. The molecule has 0 bridgehead atoms. The molecule has 0 aliphatic carbocycles. The summed E-state index contributed by atoms with van der Waals surface area (Å²) in [6.45, 7) is 0. The number of aromatic nitrogens is 1. The van der Waals surface area contributed by atoms with E-state index in [1.165, 1.54) is 10.8 Å². The molecule has 0 aliphatic rings. The van der Waals surface area contributed by atoms with E-state index < -0.39 is 0 Å². The molecule has 0 radical (unpaired) electrons. The number of hydrogen-bond acceptors (Lipinski definition) is 4. The van der Waals surface area contributed by atoms with Gasteiger partial charge < -0.3 is 13.7 Å². The van der Waals surface area contributed by atoms with Crippen molar-refractivity contribution in [2.24, 2.45) is 0 Å². The summed E-state index contributed by atoms with van der Waals surface area (Å²) < 4.78 is 13.6. The number of rotatable bonds is 6. The minimum absolute atomic E-state index is 0.561. The van der Waals surface area contributed by atoms with Crippen molar-refractivity contribution in [3.8, 4) is 33.7 Å². The first kappa shape index (κ1) is 29.0. The van der Waals surface area contributed by atoms with Crippen LogP contribution in [0, 0.1) is 0 Å². The SMILES string of the molecule is c1ccc(-c2ccc(N(c3ccccc3-c3cccc4ccccc34)c3c4oc(-c5ccccc5)nc4cc4c3oc3ccccc34)cc2)cc1. The molecule has 0 fully saturated rings. The predicted molar refractivity (Wildman–Crippen MR) is 210 cm³/mol. The van der Waals surface area contributed by atoms with E-state index in [-0.39, 0.29) is 0 Å². The fourth-order valence-electron chi connectivity index (χ4n) is 7.31. The van der Waals surface area contributed by atoms with Gasteiger partial charge in [-0.3, -0.25) is 0 Å². The molecule has 0 atom stereocenters. The number of nitrogens with zero attached hydrogens (tertiary/aromatic N) is 2. The highest BCUT2D eigenvalue weighted by Gasteiger charge is 2.28. The zero-order valence-electron chi connectivity index (χ0n) is 27.5. The average molecular weight is 655 g/mol. The van der Waals surface area contributed by atoms with E-state index in [1.54, 1.807) is 0 Å². The van der Waals surface area contributed by atoms with Crippen LogP contribution in [0.2, 0.25) is 0 Å². The van der Waals surface area contributed by atoms with Crippen molar-refractivity contribution in [2.75, 3.05) is 4.90 Å². The van der Waals surface area contributed by atoms with Crippen LogP contribution in [0.3, 0.4) is 0 Å². The summed E-state index contributed by atoms with van der Waals surface area (Å²) in [5.74, 6) is 0.561. The Balaban J connectivity index is 1.31. The van der Waals surface area contributed by atoms with Gasteiger partial charge in [0.25, 0.3) is 0 Å². The molecule has 4 nitrogen and oxygen atoms in total. The van der Waals surface area contributed by atoms with Crippen molar-refractivity contribution < 1.29 is 8.83 Å². The van der Waals surface area contributed by atoms with Gasteiger partial charge in [0, 0.05) is 27.6 Å². The lowest BCUT2D eigenvalue weighted by molar-refractivity contribution is 0.618. The Kier molecular flexibility index (Phi) is 6.78. The van der Waals surface area contributed by atoms with E-state index in [1.807, 2.05) is 48.5 Å². The highest BCUT2D eigenvalue weighted by atomic mass is 16.4. The summed E-state index contributed by atoms with van der Waals surface area (Å²) in [4.78, 5) is 7.38. The lowest BCUT2D eigenvalue weighted by Gasteiger charge is -2.28. The Morgan fingerprint density at radius 1 is 0.431 bits per heavy atom. The van der Waals surface area contributed by atoms with E-state index in [0.29, 0.717) is 11.5 Å². The van der Waals surface area contributed by atoms with Crippen LogP contribution in [0.4, 0.5) is 17.1 Å². The van der Waals surface area contributed by atoms with E-state index in [4.69, 9.17) is 13.8 Å². The summed E-state index contributed by atoms with van der Waals surface area (Å²) in [6, 6.07) is 63.2. The smallest absolute Gasteiger partial charge is 0.227 e. The number of hydrogen-bond donors (Lipinski definition) is 0. The monoisotopic (exact) mass is 654 g/mol. The first-order valence-corrected chi connectivity index (χ1v) is 17.1. The standard InChI is InChI=1S/C47H30N2O2/c1-3-14-31(15-4-1)32-26-28-35(29-27-32)49(42-24-11-9-21-38(42)37-23-13-19-33-16-7-8-20-36(33)37)44-45-40(39-22-10-12-25-43(39)50-45)30-41-46(44)51-47(48-41)34-17-5-2-6-18-34/h1-30H. The van der Waals surface area contributed by atoms with Crippen LogP contribution in [0.1, 0.15) is 0 Å². The number of fused-ring (bicyclic) bond motifs is 5. The summed E-state index contributed by atoms with van der Waals surface area (Å²) in [6.07, 6.45) is 0. The molecule has 0 aliphatic heterocycles. The highest BCUT2D eigenvalue weighted by Crippen LogP contribution is 2.50. The van der Waals surface area contributed by atoms with Crippen molar-refractivity contribution in [1.82, 2.24) is 4.98 Å². The van der Waals surface area contributed by atoms with E-state index in [9.17, 15) is 0 Å². The van der Waals surface area contributed by atoms with Crippen LogP contribution in [-0.4, -0.2) is 4.98 Å². The maximum absolute atomic E-state index is 6.81. The number of anilines is 3. The van der Waals surface area contributed by atoms with E-state index in [2.05, 4.69) is 138 Å². The van der Waals surface area contributed by atoms with Crippen LogP contribution in [-0.2, 0) is 0 Å². The van der Waals surface area contributed by atoms with Crippen molar-refractivity contribution in [3.05, 3.63) is 182 Å². The summed E-state index contributed by atoms with van der Waals surface area (Å²) in [7, 11) is 0. The predicted octanol–water partition coefficient (Wildman–Crippen LogP) is 13.4. The molecule has 0 saturated carbocycles. The third-order valence-electron chi connectivity index (χ3n) is 9.70. The van der Waals surface area contributed by atoms with Crippen LogP contribution >= 0.6 is 0 Å². The van der Waals surface area contributed by atoms with E-state index in [0.717, 1.165) is 72.3 Å². The number of benzene rings is 8. The number of oxazole rings is 1. The Hall–Kier alpha value is -6.91. The van der Waals surface area contributed by atoms with Gasteiger partial charge in [-0.25, -0.2) is 4.98 Å². The van der Waals surface area contributed by atoms with Gasteiger partial charge in [0.2, 0.25) is 5.89 Å². The van der Waals surface area contributed by atoms with E-state index >= 15 is 0 Å². The second-order valence-corrected chi connectivity index (χ2v) is 12.7. The molecule has 0 saturated heterocycles. The Labute approximate surface area is 294 Å². The van der Waals surface area contributed by atoms with Crippen LogP contribution in [0.15, 0.2) is 191 Å². The van der Waals surface area contributed by atoms with Gasteiger partial charge >= 0.3 is 0 Å². The maximum atomic E-state index is 6.81. The molecule has 10 rings (SSSR count). The molecule has 0 amide bonds. The molecular formula is C47H30N2O2. The third-order valence-corrected chi connectivity index (χ3v) is 9.70. The quantitative estimate of drug-likeness (QED) is 0.179. The van der Waals surface area contributed by atoms with Crippen molar-refractivity contribution in [2.45, 2.75) is 0 Å². The maximum Gasteiger partial charge on any atom is 0.227 e. The highest BCUT2D eigenvalue weighted by molar-refractivity contribution is 6.18. The van der Waals surface area contributed by atoms with Crippen LogP contribution < -0.4 is 4.90 Å². The molecule has 2 aromatic heterocycles.